The van der Waals surface area contributed by atoms with Crippen LogP contribution in [0.25, 0.3) is 10.2 Å². The standard InChI is InChI=1S/C18H17BrClN3O3S/c19-16-4-3-14(26-16)17(24)23(6-5-22-7-9-25-10-8-22)18-21-13-2-1-12(20)11-15(13)27-18/h1-4,11H,5-10H2. The molecule has 0 unspecified atom stereocenters. The molecular formula is C18H17BrClN3O3S. The van der Waals surface area contributed by atoms with Crippen LogP contribution >= 0.6 is 38.9 Å². The third kappa shape index (κ3) is 4.35. The van der Waals surface area contributed by atoms with Crippen molar-refractivity contribution in [3.63, 3.8) is 0 Å². The van der Waals surface area contributed by atoms with Crippen LogP contribution in [-0.4, -0.2) is 55.2 Å². The van der Waals surface area contributed by atoms with Gasteiger partial charge in [-0.3, -0.25) is 14.6 Å². The highest BCUT2D eigenvalue weighted by Gasteiger charge is 2.25. The maximum atomic E-state index is 13.1. The number of ether oxygens (including phenoxy) is 1. The van der Waals surface area contributed by atoms with Crippen LogP contribution in [0, 0.1) is 0 Å². The number of morpholine rings is 1. The molecule has 6 nitrogen and oxygen atoms in total. The molecule has 1 aliphatic heterocycles. The summed E-state index contributed by atoms with van der Waals surface area (Å²) < 4.78 is 12.3. The number of anilines is 1. The molecule has 27 heavy (non-hydrogen) atoms. The number of halogens is 2. The lowest BCUT2D eigenvalue weighted by Gasteiger charge is -2.28. The Hall–Kier alpha value is -1.45. The second-order valence-corrected chi connectivity index (χ2v) is 8.35. The van der Waals surface area contributed by atoms with Crippen molar-refractivity contribution < 1.29 is 13.9 Å². The van der Waals surface area contributed by atoms with E-state index in [4.69, 9.17) is 20.8 Å². The molecular weight excluding hydrogens is 454 g/mol. The molecule has 9 heteroatoms. The second kappa shape index (κ2) is 8.28. The van der Waals surface area contributed by atoms with E-state index in [9.17, 15) is 4.79 Å². The first-order valence-electron chi connectivity index (χ1n) is 8.53. The fourth-order valence-electron chi connectivity index (χ4n) is 2.91. The van der Waals surface area contributed by atoms with Crippen molar-refractivity contribution in [1.82, 2.24) is 9.88 Å². The molecule has 0 aliphatic carbocycles. The van der Waals surface area contributed by atoms with Gasteiger partial charge in [-0.2, -0.15) is 0 Å². The highest BCUT2D eigenvalue weighted by Crippen LogP contribution is 2.32. The summed E-state index contributed by atoms with van der Waals surface area (Å²) in [4.78, 5) is 21.7. The molecule has 0 atom stereocenters. The van der Waals surface area contributed by atoms with Crippen molar-refractivity contribution in [3.05, 3.63) is 45.8 Å². The Morgan fingerprint density at radius 3 is 2.85 bits per heavy atom. The van der Waals surface area contributed by atoms with Crippen LogP contribution in [0.3, 0.4) is 0 Å². The molecule has 142 valence electrons. The number of benzene rings is 1. The average molecular weight is 471 g/mol. The zero-order chi connectivity index (χ0) is 18.8. The van der Waals surface area contributed by atoms with Gasteiger partial charge in [0.1, 0.15) is 0 Å². The number of hydrogen-bond acceptors (Lipinski definition) is 6. The molecule has 3 aromatic rings. The minimum atomic E-state index is -0.209. The number of rotatable bonds is 5. The first-order valence-corrected chi connectivity index (χ1v) is 10.5. The molecule has 1 fully saturated rings. The second-order valence-electron chi connectivity index (χ2n) is 6.12. The summed E-state index contributed by atoms with van der Waals surface area (Å²) in [6, 6.07) is 8.92. The van der Waals surface area contributed by atoms with Crippen LogP contribution in [0.2, 0.25) is 5.02 Å². The summed E-state index contributed by atoms with van der Waals surface area (Å²) in [6.45, 7) is 4.43. The molecule has 1 amide bonds. The maximum absolute atomic E-state index is 13.1. The van der Waals surface area contributed by atoms with Crippen LogP contribution in [-0.2, 0) is 4.74 Å². The molecule has 1 aromatic carbocycles. The molecule has 0 N–H and O–H groups in total. The topological polar surface area (TPSA) is 58.8 Å². The van der Waals surface area contributed by atoms with Gasteiger partial charge in [-0.15, -0.1) is 0 Å². The van der Waals surface area contributed by atoms with Gasteiger partial charge in [0, 0.05) is 31.2 Å². The number of nitrogens with zero attached hydrogens (tertiary/aromatic N) is 3. The summed E-state index contributed by atoms with van der Waals surface area (Å²) in [5.74, 6) is 0.0697. The lowest BCUT2D eigenvalue weighted by Crippen LogP contribution is -2.43. The van der Waals surface area contributed by atoms with Crippen molar-refractivity contribution in [1.29, 1.82) is 0 Å². The lowest BCUT2D eigenvalue weighted by molar-refractivity contribution is 0.0390. The van der Waals surface area contributed by atoms with Gasteiger partial charge in [0.05, 0.1) is 23.4 Å². The van der Waals surface area contributed by atoms with Crippen molar-refractivity contribution in [2.45, 2.75) is 0 Å². The Balaban J connectivity index is 1.62. The van der Waals surface area contributed by atoms with E-state index in [1.165, 1.54) is 11.3 Å². The van der Waals surface area contributed by atoms with Gasteiger partial charge in [0.15, 0.2) is 15.6 Å². The van der Waals surface area contributed by atoms with E-state index in [0.29, 0.717) is 21.4 Å². The van der Waals surface area contributed by atoms with Crippen molar-refractivity contribution in [2.75, 3.05) is 44.3 Å². The first kappa shape index (κ1) is 18.9. The maximum Gasteiger partial charge on any atom is 0.295 e. The van der Waals surface area contributed by atoms with E-state index in [-0.39, 0.29) is 11.7 Å². The Labute approximate surface area is 173 Å². The van der Waals surface area contributed by atoms with E-state index in [1.54, 1.807) is 23.1 Å². The summed E-state index contributed by atoms with van der Waals surface area (Å²) in [5.41, 5.74) is 0.823. The average Bonchev–Trinajstić information content (AvgIpc) is 3.28. The van der Waals surface area contributed by atoms with Crippen LogP contribution in [0.1, 0.15) is 10.6 Å². The lowest BCUT2D eigenvalue weighted by atomic mass is 10.3. The fraction of sp³-hybridized carbons (Fsp3) is 0.333. The van der Waals surface area contributed by atoms with E-state index < -0.39 is 0 Å². The quantitative estimate of drug-likeness (QED) is 0.557. The van der Waals surface area contributed by atoms with Crippen molar-refractivity contribution in [3.8, 4) is 0 Å². The molecule has 2 aromatic heterocycles. The molecule has 0 bridgehead atoms. The van der Waals surface area contributed by atoms with E-state index >= 15 is 0 Å². The highest BCUT2D eigenvalue weighted by atomic mass is 79.9. The van der Waals surface area contributed by atoms with Crippen LogP contribution < -0.4 is 4.90 Å². The van der Waals surface area contributed by atoms with Gasteiger partial charge in [-0.25, -0.2) is 4.98 Å². The van der Waals surface area contributed by atoms with Crippen molar-refractivity contribution in [2.24, 2.45) is 0 Å². The molecule has 3 heterocycles. The largest absolute Gasteiger partial charge is 0.444 e. The zero-order valence-corrected chi connectivity index (χ0v) is 17.5. The predicted molar refractivity (Wildman–Crippen MR) is 110 cm³/mol. The van der Waals surface area contributed by atoms with Gasteiger partial charge >= 0.3 is 0 Å². The molecule has 1 saturated heterocycles. The Morgan fingerprint density at radius 2 is 2.11 bits per heavy atom. The summed E-state index contributed by atoms with van der Waals surface area (Å²) in [7, 11) is 0. The Morgan fingerprint density at radius 1 is 1.30 bits per heavy atom. The van der Waals surface area contributed by atoms with Gasteiger partial charge in [0.2, 0.25) is 0 Å². The number of furan rings is 1. The number of aromatic nitrogens is 1. The van der Waals surface area contributed by atoms with E-state index in [2.05, 4.69) is 25.8 Å². The number of fused-ring (bicyclic) bond motifs is 1. The summed E-state index contributed by atoms with van der Waals surface area (Å²) in [6.07, 6.45) is 0. The van der Waals surface area contributed by atoms with Gasteiger partial charge in [0.25, 0.3) is 5.91 Å². The van der Waals surface area contributed by atoms with Gasteiger partial charge < -0.3 is 9.15 Å². The molecule has 0 spiro atoms. The first-order chi connectivity index (χ1) is 13.1. The van der Waals surface area contributed by atoms with Crippen molar-refractivity contribution >= 4 is 60.1 Å². The van der Waals surface area contributed by atoms with Crippen LogP contribution in [0.5, 0.6) is 0 Å². The minimum absolute atomic E-state index is 0.209. The predicted octanol–water partition coefficient (Wildman–Crippen LogP) is 4.28. The third-order valence-corrected chi connectivity index (χ3v) is 6.05. The Kier molecular flexibility index (Phi) is 5.79. The smallest absolute Gasteiger partial charge is 0.295 e. The molecule has 4 rings (SSSR count). The number of carbonyl (C=O) groups is 1. The zero-order valence-electron chi connectivity index (χ0n) is 14.4. The van der Waals surface area contributed by atoms with Crippen LogP contribution in [0.4, 0.5) is 5.13 Å². The van der Waals surface area contributed by atoms with Gasteiger partial charge in [-0.05, 0) is 46.3 Å². The SMILES string of the molecule is O=C(c1ccc(Br)o1)N(CCN1CCOCC1)c1nc2ccc(Cl)cc2s1. The van der Waals surface area contributed by atoms with E-state index in [0.717, 1.165) is 43.1 Å². The summed E-state index contributed by atoms with van der Waals surface area (Å²) in [5, 5.41) is 1.29. The van der Waals surface area contributed by atoms with E-state index in [1.807, 2.05) is 12.1 Å². The highest BCUT2D eigenvalue weighted by molar-refractivity contribution is 9.10. The summed E-state index contributed by atoms with van der Waals surface area (Å²) >= 11 is 10.8. The minimum Gasteiger partial charge on any atom is -0.444 e. The number of carbonyl (C=O) groups excluding carboxylic acids is 1. The monoisotopic (exact) mass is 469 g/mol. The molecule has 0 saturated carbocycles. The Bertz CT molecular complexity index is 954. The fourth-order valence-corrected chi connectivity index (χ4v) is 4.49. The third-order valence-electron chi connectivity index (χ3n) is 4.34. The van der Waals surface area contributed by atoms with Gasteiger partial charge in [-0.1, -0.05) is 22.9 Å². The normalized spacial score (nSPS) is 15.3. The van der Waals surface area contributed by atoms with Crippen LogP contribution in [0.15, 0.2) is 39.4 Å². The number of amides is 1. The number of thiazole rings is 1. The molecule has 0 radical (unpaired) electrons. The number of hydrogen-bond donors (Lipinski definition) is 0. The molecule has 1 aliphatic rings.